The van der Waals surface area contributed by atoms with Gasteiger partial charge >= 0.3 is 0 Å². The van der Waals surface area contributed by atoms with E-state index in [-0.39, 0.29) is 30.3 Å². The number of amides is 3. The van der Waals surface area contributed by atoms with Gasteiger partial charge in [0.2, 0.25) is 11.8 Å². The molecule has 3 aliphatic rings. The third-order valence-electron chi connectivity index (χ3n) is 6.67. The lowest BCUT2D eigenvalue weighted by Crippen LogP contribution is -2.57. The van der Waals surface area contributed by atoms with Gasteiger partial charge in [-0.2, -0.15) is 0 Å². The van der Waals surface area contributed by atoms with E-state index in [2.05, 4.69) is 10.2 Å². The largest absolute Gasteiger partial charge is 0.385 e. The normalized spacial score (nSPS) is 20.6. The molecule has 0 spiro atoms. The van der Waals surface area contributed by atoms with E-state index in [9.17, 15) is 14.4 Å². The van der Waals surface area contributed by atoms with Crippen LogP contribution in [0.5, 0.6) is 0 Å². The number of nitrogens with zero attached hydrogens (tertiary/aromatic N) is 3. The zero-order valence-electron chi connectivity index (χ0n) is 19.0. The van der Waals surface area contributed by atoms with E-state index in [0.29, 0.717) is 24.4 Å². The summed E-state index contributed by atoms with van der Waals surface area (Å²) in [6, 6.07) is 5.41. The van der Waals surface area contributed by atoms with Crippen LogP contribution in [-0.4, -0.2) is 75.1 Å². The van der Waals surface area contributed by atoms with Crippen molar-refractivity contribution in [3.05, 3.63) is 23.8 Å². The van der Waals surface area contributed by atoms with Crippen LogP contribution in [0, 0.1) is 0 Å². The van der Waals surface area contributed by atoms with Crippen molar-refractivity contribution in [2.24, 2.45) is 0 Å². The maximum atomic E-state index is 13.4. The summed E-state index contributed by atoms with van der Waals surface area (Å²) < 4.78 is 5.02. The minimum Gasteiger partial charge on any atom is -0.385 e. The first kappa shape index (κ1) is 22.6. The molecule has 1 aromatic carbocycles. The lowest BCUT2D eigenvalue weighted by Gasteiger charge is -2.45. The topological polar surface area (TPSA) is 82.2 Å². The second kappa shape index (κ2) is 10.3. The average molecular weight is 443 g/mol. The summed E-state index contributed by atoms with van der Waals surface area (Å²) in [6.07, 6.45) is 6.77. The summed E-state index contributed by atoms with van der Waals surface area (Å²) in [7, 11) is 1.63. The molecule has 0 aromatic heterocycles. The minimum absolute atomic E-state index is 0.00434. The van der Waals surface area contributed by atoms with Crippen LogP contribution in [0.2, 0.25) is 0 Å². The molecule has 1 atom stereocenters. The predicted molar refractivity (Wildman–Crippen MR) is 123 cm³/mol. The monoisotopic (exact) mass is 442 g/mol. The van der Waals surface area contributed by atoms with Crippen molar-refractivity contribution in [3.8, 4) is 0 Å². The van der Waals surface area contributed by atoms with E-state index in [4.69, 9.17) is 4.74 Å². The summed E-state index contributed by atoms with van der Waals surface area (Å²) in [4.78, 5) is 44.8. The van der Waals surface area contributed by atoms with Crippen LogP contribution >= 0.6 is 0 Å². The number of nitrogens with one attached hydrogen (secondary N) is 1. The van der Waals surface area contributed by atoms with Crippen LogP contribution in [-0.2, 0) is 14.3 Å². The molecule has 0 radical (unpaired) electrons. The maximum absolute atomic E-state index is 13.4. The van der Waals surface area contributed by atoms with Crippen molar-refractivity contribution in [2.75, 3.05) is 56.2 Å². The molecule has 4 rings (SSSR count). The fourth-order valence-electron chi connectivity index (χ4n) is 4.98. The van der Waals surface area contributed by atoms with Gasteiger partial charge in [0.05, 0.1) is 11.4 Å². The Kier molecular flexibility index (Phi) is 7.29. The molecule has 2 saturated heterocycles. The third kappa shape index (κ3) is 4.75. The highest BCUT2D eigenvalue weighted by Crippen LogP contribution is 2.40. The number of anilines is 2. The zero-order valence-corrected chi connectivity index (χ0v) is 19.0. The Hall–Kier alpha value is -2.61. The molecule has 1 aromatic rings. The molecule has 2 fully saturated rings. The number of carbonyl (C=O) groups excluding carboxylic acids is 3. The van der Waals surface area contributed by atoms with Crippen molar-refractivity contribution in [2.45, 2.75) is 51.0 Å². The first-order valence-corrected chi connectivity index (χ1v) is 11.9. The Balaban J connectivity index is 1.59. The highest BCUT2D eigenvalue weighted by atomic mass is 16.5. The summed E-state index contributed by atoms with van der Waals surface area (Å²) in [5.41, 5.74) is 2.19. The van der Waals surface area contributed by atoms with Gasteiger partial charge in [0.1, 0.15) is 12.6 Å². The Morgan fingerprint density at radius 1 is 1.06 bits per heavy atom. The molecule has 174 valence electrons. The van der Waals surface area contributed by atoms with Crippen molar-refractivity contribution in [3.63, 3.8) is 0 Å². The Bertz CT molecular complexity index is 852. The van der Waals surface area contributed by atoms with Gasteiger partial charge in [0.25, 0.3) is 5.91 Å². The van der Waals surface area contributed by atoms with Gasteiger partial charge in [-0.15, -0.1) is 0 Å². The molecule has 0 aliphatic carbocycles. The van der Waals surface area contributed by atoms with Gasteiger partial charge in [0.15, 0.2) is 0 Å². The van der Waals surface area contributed by atoms with Crippen LogP contribution in [0.25, 0.3) is 0 Å². The SMILES string of the molecule is COCCCNC(=O)CN1C(=O)[C@H]2CCCCN2c2ccc(C(=O)N3CCCCC3)cc21. The number of methoxy groups -OCH3 is 1. The maximum Gasteiger partial charge on any atom is 0.253 e. The van der Waals surface area contributed by atoms with E-state index >= 15 is 0 Å². The number of hydrogen-bond donors (Lipinski definition) is 1. The second-order valence-corrected chi connectivity index (χ2v) is 8.88. The molecule has 8 nitrogen and oxygen atoms in total. The van der Waals surface area contributed by atoms with Crippen LogP contribution in [0.3, 0.4) is 0 Å². The zero-order chi connectivity index (χ0) is 22.5. The molecular weight excluding hydrogens is 408 g/mol. The van der Waals surface area contributed by atoms with Crippen molar-refractivity contribution in [1.29, 1.82) is 0 Å². The molecule has 0 unspecified atom stereocenters. The summed E-state index contributed by atoms with van der Waals surface area (Å²) >= 11 is 0. The quantitative estimate of drug-likeness (QED) is 0.655. The van der Waals surface area contributed by atoms with Gasteiger partial charge in [-0.25, -0.2) is 0 Å². The second-order valence-electron chi connectivity index (χ2n) is 8.88. The number of hydrogen-bond acceptors (Lipinski definition) is 5. The van der Waals surface area contributed by atoms with Gasteiger partial charge in [-0.05, 0) is 63.1 Å². The number of rotatable bonds is 7. The van der Waals surface area contributed by atoms with E-state index in [1.165, 1.54) is 0 Å². The number of piperidine rings is 2. The van der Waals surface area contributed by atoms with Gasteiger partial charge in [0, 0.05) is 45.5 Å². The molecule has 0 saturated carbocycles. The Morgan fingerprint density at radius 2 is 1.84 bits per heavy atom. The van der Waals surface area contributed by atoms with Crippen LogP contribution in [0.4, 0.5) is 11.4 Å². The van der Waals surface area contributed by atoms with E-state index < -0.39 is 0 Å². The van der Waals surface area contributed by atoms with E-state index in [1.54, 1.807) is 12.0 Å². The number of ether oxygens (including phenoxy) is 1. The highest BCUT2D eigenvalue weighted by molar-refractivity contribution is 6.09. The van der Waals surface area contributed by atoms with Gasteiger partial charge in [-0.3, -0.25) is 19.3 Å². The summed E-state index contributed by atoms with van der Waals surface area (Å²) in [5, 5.41) is 2.88. The van der Waals surface area contributed by atoms with Crippen molar-refractivity contribution in [1.82, 2.24) is 10.2 Å². The number of likely N-dealkylation sites (tertiary alicyclic amines) is 1. The molecule has 8 heteroatoms. The average Bonchev–Trinajstić information content (AvgIpc) is 2.84. The first-order valence-electron chi connectivity index (χ1n) is 11.9. The smallest absolute Gasteiger partial charge is 0.253 e. The fraction of sp³-hybridized carbons (Fsp3) is 0.625. The lowest BCUT2D eigenvalue weighted by molar-refractivity contribution is -0.125. The van der Waals surface area contributed by atoms with Gasteiger partial charge < -0.3 is 19.9 Å². The predicted octanol–water partition coefficient (Wildman–Crippen LogP) is 2.17. The number of carbonyl (C=O) groups is 3. The van der Waals surface area contributed by atoms with E-state index in [1.807, 2.05) is 23.1 Å². The minimum atomic E-state index is -0.235. The van der Waals surface area contributed by atoms with Gasteiger partial charge in [-0.1, -0.05) is 0 Å². The molecule has 32 heavy (non-hydrogen) atoms. The summed E-state index contributed by atoms with van der Waals surface area (Å²) in [6.45, 7) is 3.41. The van der Waals surface area contributed by atoms with E-state index in [0.717, 1.165) is 70.3 Å². The standard InChI is InChI=1S/C24H34N4O4/c1-32-15-7-11-25-22(29)17-28-21-16-18(23(30)26-12-4-2-5-13-26)9-10-19(21)27-14-6-3-8-20(27)24(28)31/h9-10,16,20H,2-8,11-15,17H2,1H3,(H,25,29)/t20-/m1/s1. The molecule has 3 heterocycles. The Morgan fingerprint density at radius 3 is 2.62 bits per heavy atom. The number of fused-ring (bicyclic) bond motifs is 3. The van der Waals surface area contributed by atoms with Crippen LogP contribution in [0.1, 0.15) is 55.3 Å². The van der Waals surface area contributed by atoms with Crippen molar-refractivity contribution >= 4 is 29.1 Å². The van der Waals surface area contributed by atoms with Crippen LogP contribution < -0.4 is 15.1 Å². The number of benzene rings is 1. The van der Waals surface area contributed by atoms with Crippen molar-refractivity contribution < 1.29 is 19.1 Å². The Labute approximate surface area is 189 Å². The molecule has 3 aliphatic heterocycles. The lowest BCUT2D eigenvalue weighted by atomic mass is 9.95. The molecule has 0 bridgehead atoms. The molecular formula is C24H34N4O4. The first-order chi connectivity index (χ1) is 15.6. The fourth-order valence-corrected chi connectivity index (χ4v) is 4.98. The third-order valence-corrected chi connectivity index (χ3v) is 6.67. The van der Waals surface area contributed by atoms with Crippen LogP contribution in [0.15, 0.2) is 18.2 Å². The highest BCUT2D eigenvalue weighted by Gasteiger charge is 2.40. The molecule has 3 amide bonds. The molecule has 1 N–H and O–H groups in total. The summed E-state index contributed by atoms with van der Waals surface area (Å²) in [5.74, 6) is -0.242.